The zero-order valence-electron chi connectivity index (χ0n) is 38.4. The lowest BCUT2D eigenvalue weighted by Crippen LogP contribution is -2.39. The molecule has 4 heterocycles. The number of likely N-dealkylation sites (N-methyl/N-ethyl adjacent to an activating group) is 1. The van der Waals surface area contributed by atoms with Crippen LogP contribution in [0.5, 0.6) is 17.2 Å². The lowest BCUT2D eigenvalue weighted by Gasteiger charge is -2.31. The second-order valence-electron chi connectivity index (χ2n) is 16.4. The Hall–Kier alpha value is -7.06. The van der Waals surface area contributed by atoms with Crippen molar-refractivity contribution in [2.24, 2.45) is 0 Å². The van der Waals surface area contributed by atoms with Crippen molar-refractivity contribution in [3.05, 3.63) is 75.1 Å². The van der Waals surface area contributed by atoms with E-state index in [2.05, 4.69) is 11.2 Å². The summed E-state index contributed by atoms with van der Waals surface area (Å²) in [6.45, 7) is 1.49. The molecule has 4 aromatic rings. The van der Waals surface area contributed by atoms with Crippen LogP contribution in [0.1, 0.15) is 55.4 Å². The summed E-state index contributed by atoms with van der Waals surface area (Å²) in [5.74, 6) is 0.325. The second-order valence-corrected chi connectivity index (χ2v) is 18.6. The van der Waals surface area contributed by atoms with E-state index in [1.54, 1.807) is 18.2 Å². The lowest BCUT2D eigenvalue weighted by molar-refractivity contribution is -0.175. The molecule has 3 unspecified atom stereocenters. The van der Waals surface area contributed by atoms with Crippen molar-refractivity contribution in [1.29, 1.82) is 0 Å². The molecule has 2 aliphatic rings. The van der Waals surface area contributed by atoms with Gasteiger partial charge >= 0.3 is 12.1 Å². The van der Waals surface area contributed by atoms with Gasteiger partial charge in [-0.15, -0.1) is 6.42 Å². The molecule has 0 saturated carbocycles. The number of fused-ring (bicyclic) bond motifs is 4. The Kier molecular flexibility index (Phi) is 17.0. The summed E-state index contributed by atoms with van der Waals surface area (Å²) in [6.07, 6.45) is 3.50. The number of aliphatic hydroxyl groups is 1. The van der Waals surface area contributed by atoms with E-state index >= 15 is 0 Å². The number of carbonyl (C=O) groups excluding carboxylic acids is 5. The fraction of sp³-hybridized carbons (Fsp3) is 0.426. The maximum Gasteiger partial charge on any atom is 0.412 e. The number of aryl methyl sites for hydroxylation is 1. The predicted molar refractivity (Wildman–Crippen MR) is 247 cm³/mol. The Morgan fingerprint density at radius 1 is 1.09 bits per heavy atom. The monoisotopic (exact) mass is 975 g/mol. The number of carbonyl (C=O) groups is 5. The zero-order chi connectivity index (χ0) is 50.0. The van der Waals surface area contributed by atoms with Crippen molar-refractivity contribution in [2.75, 3.05) is 57.4 Å². The number of benzene rings is 2. The Bertz CT molecular complexity index is 2830. The third kappa shape index (κ3) is 13.3. The number of sulfone groups is 1. The standard InChI is InChI=1S/C47H53N5O16S/c1-6-14-63-15-12-43(58)50(4)23-42(57)48-38-17-29(8-11-41(38)68-44-19-30(55)18-32(24-53)67-44)25-65-47(60)51(13-16-69(5,61)62)27-66-31-9-10-37-34(20-31)33(7-2)35-22-52-39(45(35)49-37)21-40(56)36(46(52)59)26-64-28(3)54/h1,8-11,17,20-21,24,30,32,44,55-56H,7,12-16,18-19,22-23,25-27H2,2-5H3,(H,48,57). The number of hydrogen-bond donors (Lipinski definition) is 3. The Balaban J connectivity index is 1.18. The third-order valence-electron chi connectivity index (χ3n) is 11.1. The second kappa shape index (κ2) is 22.8. The van der Waals surface area contributed by atoms with E-state index in [4.69, 9.17) is 39.8 Å². The molecule has 0 aliphatic carbocycles. The molecule has 2 aliphatic heterocycles. The van der Waals surface area contributed by atoms with Crippen molar-refractivity contribution in [3.63, 3.8) is 0 Å². The maximum atomic E-state index is 13.7. The number of amides is 3. The van der Waals surface area contributed by atoms with Gasteiger partial charge in [0, 0.05) is 56.6 Å². The molecule has 1 fully saturated rings. The van der Waals surface area contributed by atoms with Gasteiger partial charge in [-0.25, -0.2) is 18.2 Å². The van der Waals surface area contributed by atoms with Crippen LogP contribution in [0, 0.1) is 12.3 Å². The molecular formula is C47H53N5O16S. The lowest BCUT2D eigenvalue weighted by atomic mass is 9.98. The Morgan fingerprint density at radius 3 is 2.58 bits per heavy atom. The largest absolute Gasteiger partial charge is 0.507 e. The smallest absolute Gasteiger partial charge is 0.412 e. The van der Waals surface area contributed by atoms with E-state index in [-0.39, 0.29) is 87.4 Å². The molecule has 3 atom stereocenters. The van der Waals surface area contributed by atoms with Gasteiger partial charge in [0.05, 0.1) is 66.1 Å². The summed E-state index contributed by atoms with van der Waals surface area (Å²) in [7, 11) is -2.13. The SMILES string of the molecule is C#CCOCCC(=O)N(C)CC(=O)Nc1cc(COC(=O)N(CCS(C)(=O)=O)COc2ccc3nc4c(c(CC)c3c2)Cn2c-4cc(O)c(COC(C)=O)c2=O)ccc1OC1CC(O)CC(C=O)O1. The number of hydrogen-bond acceptors (Lipinski definition) is 17. The van der Waals surface area contributed by atoms with E-state index in [1.807, 2.05) is 6.92 Å². The maximum absolute atomic E-state index is 13.7. The van der Waals surface area contributed by atoms with Crippen molar-refractivity contribution in [1.82, 2.24) is 19.4 Å². The van der Waals surface area contributed by atoms with Crippen molar-refractivity contribution in [3.8, 4) is 41.0 Å². The first-order valence-corrected chi connectivity index (χ1v) is 23.8. The van der Waals surface area contributed by atoms with E-state index < -0.39 is 71.0 Å². The van der Waals surface area contributed by atoms with E-state index in [1.165, 1.54) is 47.7 Å². The average Bonchev–Trinajstić information content (AvgIpc) is 3.66. The minimum atomic E-state index is -3.56. The molecule has 22 heteroatoms. The van der Waals surface area contributed by atoms with Crippen LogP contribution < -0.4 is 20.3 Å². The van der Waals surface area contributed by atoms with Crippen LogP contribution in [0.25, 0.3) is 22.3 Å². The first-order chi connectivity index (χ1) is 32.9. The number of anilines is 1. The number of pyridine rings is 2. The van der Waals surface area contributed by atoms with Crippen LogP contribution in [0.3, 0.4) is 0 Å². The number of nitrogens with zero attached hydrogens (tertiary/aromatic N) is 4. The molecule has 6 rings (SSSR count). The van der Waals surface area contributed by atoms with Crippen molar-refractivity contribution in [2.45, 2.75) is 77.8 Å². The van der Waals surface area contributed by atoms with Crippen LogP contribution >= 0.6 is 0 Å². The van der Waals surface area contributed by atoms with E-state index in [9.17, 15) is 47.4 Å². The number of terminal acetylenes is 1. The topological polar surface area (TPSA) is 269 Å². The first-order valence-electron chi connectivity index (χ1n) is 21.8. The molecular weight excluding hydrogens is 923 g/mol. The molecule has 21 nitrogen and oxygen atoms in total. The predicted octanol–water partition coefficient (Wildman–Crippen LogP) is 2.66. The molecule has 0 spiro atoms. The highest BCUT2D eigenvalue weighted by Crippen LogP contribution is 2.38. The molecule has 3 N–H and O–H groups in total. The number of rotatable bonds is 21. The number of aromatic nitrogens is 2. The summed E-state index contributed by atoms with van der Waals surface area (Å²) in [6, 6.07) is 10.9. The van der Waals surface area contributed by atoms with Gasteiger partial charge in [-0.05, 0) is 47.9 Å². The summed E-state index contributed by atoms with van der Waals surface area (Å²) < 4.78 is 59.4. The highest BCUT2D eigenvalue weighted by Gasteiger charge is 2.31. The quantitative estimate of drug-likeness (QED) is 0.0314. The minimum absolute atomic E-state index is 0.0185. The van der Waals surface area contributed by atoms with Gasteiger partial charge in [-0.1, -0.05) is 18.9 Å². The molecule has 1 saturated heterocycles. The highest BCUT2D eigenvalue weighted by molar-refractivity contribution is 7.90. The number of ether oxygens (including phenoxy) is 6. The Morgan fingerprint density at radius 2 is 1.87 bits per heavy atom. The Labute approximate surface area is 397 Å². The van der Waals surface area contributed by atoms with E-state index in [0.717, 1.165) is 22.3 Å². The molecule has 69 heavy (non-hydrogen) atoms. The number of esters is 1. The number of aromatic hydroxyl groups is 1. The number of aliphatic hydroxyl groups excluding tert-OH is 1. The molecule has 0 bridgehead atoms. The molecule has 2 aromatic carbocycles. The molecule has 3 amide bonds. The number of aldehydes is 1. The van der Waals surface area contributed by atoms with Crippen LogP contribution in [0.2, 0.25) is 0 Å². The highest BCUT2D eigenvalue weighted by atomic mass is 32.2. The zero-order valence-corrected chi connectivity index (χ0v) is 39.2. The van der Waals surface area contributed by atoms with Gasteiger partial charge in [0.15, 0.2) is 6.73 Å². The van der Waals surface area contributed by atoms with Crippen LogP contribution in [0.15, 0.2) is 47.3 Å². The van der Waals surface area contributed by atoms with Gasteiger partial charge in [0.25, 0.3) is 5.56 Å². The van der Waals surface area contributed by atoms with Gasteiger partial charge in [0.1, 0.15) is 59.3 Å². The molecule has 368 valence electrons. The fourth-order valence-corrected chi connectivity index (χ4v) is 8.19. The van der Waals surface area contributed by atoms with Gasteiger partial charge in [-0.2, -0.15) is 0 Å². The number of nitrogens with one attached hydrogen (secondary N) is 1. The summed E-state index contributed by atoms with van der Waals surface area (Å²) >= 11 is 0. The summed E-state index contributed by atoms with van der Waals surface area (Å²) in [5.41, 5.74) is 2.91. The first kappa shape index (κ1) is 51.3. The van der Waals surface area contributed by atoms with E-state index in [0.29, 0.717) is 46.3 Å². The van der Waals surface area contributed by atoms with Crippen molar-refractivity contribution >= 4 is 56.6 Å². The third-order valence-corrected chi connectivity index (χ3v) is 12.0. The van der Waals surface area contributed by atoms with Crippen LogP contribution in [-0.4, -0.2) is 139 Å². The summed E-state index contributed by atoms with van der Waals surface area (Å²) in [4.78, 5) is 82.9. The van der Waals surface area contributed by atoms with Crippen molar-refractivity contribution < 1.29 is 71.0 Å². The van der Waals surface area contributed by atoms with Crippen LogP contribution in [-0.2, 0) is 74.1 Å². The minimum Gasteiger partial charge on any atom is -0.507 e. The average molecular weight is 976 g/mol. The van der Waals surface area contributed by atoms with Gasteiger partial charge in [-0.3, -0.25) is 24.1 Å². The normalized spacial score (nSPS) is 16.1. The fourth-order valence-electron chi connectivity index (χ4n) is 7.63. The molecule has 2 aromatic heterocycles. The van der Waals surface area contributed by atoms with Crippen LogP contribution in [0.4, 0.5) is 10.5 Å². The van der Waals surface area contributed by atoms with Gasteiger partial charge in [0.2, 0.25) is 18.1 Å². The van der Waals surface area contributed by atoms with Gasteiger partial charge < -0.3 is 58.2 Å². The molecule has 0 radical (unpaired) electrons. The summed E-state index contributed by atoms with van der Waals surface area (Å²) in [5, 5.41) is 24.4.